The number of carbonyl (C=O) groups is 2. The maximum atomic E-state index is 12.2. The molecule has 0 fully saturated rings. The smallest absolute Gasteiger partial charge is 0.344 e. The van der Waals surface area contributed by atoms with Crippen molar-refractivity contribution in [1.82, 2.24) is 5.43 Å². The fourth-order valence-electron chi connectivity index (χ4n) is 2.28. The van der Waals surface area contributed by atoms with Gasteiger partial charge in [0, 0.05) is 8.95 Å². The third-order valence-electron chi connectivity index (χ3n) is 3.68. The van der Waals surface area contributed by atoms with E-state index < -0.39 is 5.97 Å². The van der Waals surface area contributed by atoms with Crippen LogP contribution in [0.2, 0.25) is 0 Å². The lowest BCUT2D eigenvalue weighted by molar-refractivity contribution is 0.0733. The van der Waals surface area contributed by atoms with Gasteiger partial charge in [0.2, 0.25) is 0 Å². The molecular weight excluding hydrogens is 488 g/mol. The Labute approximate surface area is 178 Å². The lowest BCUT2D eigenvalue weighted by atomic mass is 10.2. The SMILES string of the molecule is O=C(N/N=C\c1ccc(OC(=O)c2ccccc2Br)cc1)c1ccccc1Br. The number of esters is 1. The summed E-state index contributed by atoms with van der Waals surface area (Å²) in [5, 5.41) is 3.95. The van der Waals surface area contributed by atoms with Crippen LogP contribution in [0.4, 0.5) is 0 Å². The summed E-state index contributed by atoms with van der Waals surface area (Å²) in [5.74, 6) is -0.354. The van der Waals surface area contributed by atoms with Crippen molar-refractivity contribution in [2.75, 3.05) is 0 Å². The molecule has 0 aliphatic carbocycles. The Morgan fingerprint density at radius 2 is 1.39 bits per heavy atom. The van der Waals surface area contributed by atoms with Crippen LogP contribution in [0.1, 0.15) is 26.3 Å². The van der Waals surface area contributed by atoms with Gasteiger partial charge < -0.3 is 4.74 Å². The Morgan fingerprint density at radius 3 is 2.00 bits per heavy atom. The molecule has 140 valence electrons. The van der Waals surface area contributed by atoms with Gasteiger partial charge in [0.05, 0.1) is 17.3 Å². The lowest BCUT2D eigenvalue weighted by Crippen LogP contribution is -2.18. The van der Waals surface area contributed by atoms with E-state index in [9.17, 15) is 9.59 Å². The third-order valence-corrected chi connectivity index (χ3v) is 5.07. The van der Waals surface area contributed by atoms with Gasteiger partial charge in [0.25, 0.3) is 5.91 Å². The van der Waals surface area contributed by atoms with Gasteiger partial charge in [0.15, 0.2) is 0 Å². The van der Waals surface area contributed by atoms with E-state index in [1.165, 1.54) is 6.21 Å². The zero-order valence-electron chi connectivity index (χ0n) is 14.4. The van der Waals surface area contributed by atoms with Gasteiger partial charge in [-0.25, -0.2) is 10.2 Å². The molecule has 5 nitrogen and oxygen atoms in total. The summed E-state index contributed by atoms with van der Waals surface area (Å²) >= 11 is 6.65. The largest absolute Gasteiger partial charge is 0.423 e. The standard InChI is InChI=1S/C21H14Br2N2O3/c22-18-7-3-1-5-16(18)20(26)25-24-13-14-9-11-15(12-10-14)28-21(27)17-6-2-4-8-19(17)23/h1-13H,(H,25,26)/b24-13-. The first-order valence-corrected chi connectivity index (χ1v) is 9.78. The van der Waals surface area contributed by atoms with Crippen LogP contribution >= 0.6 is 31.9 Å². The molecule has 0 radical (unpaired) electrons. The number of hydrogen-bond donors (Lipinski definition) is 1. The number of ether oxygens (including phenoxy) is 1. The normalized spacial score (nSPS) is 10.6. The highest BCUT2D eigenvalue weighted by atomic mass is 79.9. The highest BCUT2D eigenvalue weighted by molar-refractivity contribution is 9.10. The molecule has 0 unspecified atom stereocenters. The van der Waals surface area contributed by atoms with E-state index in [2.05, 4.69) is 42.4 Å². The molecule has 0 saturated carbocycles. The average Bonchev–Trinajstić information content (AvgIpc) is 2.70. The first kappa shape index (κ1) is 20.0. The average molecular weight is 502 g/mol. The minimum Gasteiger partial charge on any atom is -0.423 e. The Balaban J connectivity index is 1.59. The Bertz CT molecular complexity index is 1030. The molecule has 0 spiro atoms. The summed E-state index contributed by atoms with van der Waals surface area (Å²) in [6.45, 7) is 0. The minimum atomic E-state index is -0.449. The number of hydrogen-bond acceptors (Lipinski definition) is 4. The van der Waals surface area contributed by atoms with Crippen molar-refractivity contribution in [3.63, 3.8) is 0 Å². The molecule has 3 aromatic carbocycles. The zero-order valence-corrected chi connectivity index (χ0v) is 17.6. The van der Waals surface area contributed by atoms with E-state index in [4.69, 9.17) is 4.74 Å². The molecule has 0 bridgehead atoms. The van der Waals surface area contributed by atoms with Crippen LogP contribution in [-0.2, 0) is 0 Å². The van der Waals surface area contributed by atoms with Crippen molar-refractivity contribution < 1.29 is 14.3 Å². The number of hydrazone groups is 1. The van der Waals surface area contributed by atoms with Crippen molar-refractivity contribution in [1.29, 1.82) is 0 Å². The fourth-order valence-corrected chi connectivity index (χ4v) is 3.19. The first-order valence-electron chi connectivity index (χ1n) is 8.19. The van der Waals surface area contributed by atoms with E-state index in [-0.39, 0.29) is 5.91 Å². The summed E-state index contributed by atoms with van der Waals surface area (Å²) in [6.07, 6.45) is 1.51. The second kappa shape index (κ2) is 9.43. The predicted molar refractivity (Wildman–Crippen MR) is 115 cm³/mol. The zero-order chi connectivity index (χ0) is 19.9. The number of rotatable bonds is 5. The van der Waals surface area contributed by atoms with E-state index in [1.807, 2.05) is 12.1 Å². The van der Waals surface area contributed by atoms with Crippen LogP contribution in [-0.4, -0.2) is 18.1 Å². The van der Waals surface area contributed by atoms with Crippen molar-refractivity contribution in [3.8, 4) is 5.75 Å². The number of nitrogens with one attached hydrogen (secondary N) is 1. The van der Waals surface area contributed by atoms with Crippen LogP contribution in [0, 0.1) is 0 Å². The van der Waals surface area contributed by atoms with Gasteiger partial charge in [-0.15, -0.1) is 0 Å². The first-order chi connectivity index (χ1) is 13.5. The third kappa shape index (κ3) is 5.15. The van der Waals surface area contributed by atoms with Gasteiger partial charge in [-0.1, -0.05) is 24.3 Å². The van der Waals surface area contributed by atoms with Gasteiger partial charge in [-0.3, -0.25) is 4.79 Å². The van der Waals surface area contributed by atoms with Gasteiger partial charge in [0.1, 0.15) is 5.75 Å². The molecular formula is C21H14Br2N2O3. The van der Waals surface area contributed by atoms with Crippen LogP contribution < -0.4 is 10.2 Å². The summed E-state index contributed by atoms with van der Waals surface area (Å²) in [6, 6.07) is 20.9. The fraction of sp³-hybridized carbons (Fsp3) is 0. The van der Waals surface area contributed by atoms with Crippen LogP contribution in [0.5, 0.6) is 5.75 Å². The summed E-state index contributed by atoms with van der Waals surface area (Å²) < 4.78 is 6.73. The predicted octanol–water partition coefficient (Wildman–Crippen LogP) is 5.19. The Morgan fingerprint density at radius 1 is 0.821 bits per heavy atom. The van der Waals surface area contributed by atoms with E-state index >= 15 is 0 Å². The van der Waals surface area contributed by atoms with E-state index in [0.717, 1.165) is 5.56 Å². The van der Waals surface area contributed by atoms with Crippen LogP contribution in [0.3, 0.4) is 0 Å². The van der Waals surface area contributed by atoms with Crippen molar-refractivity contribution in [2.45, 2.75) is 0 Å². The maximum Gasteiger partial charge on any atom is 0.344 e. The number of benzene rings is 3. The molecule has 1 N–H and O–H groups in total. The topological polar surface area (TPSA) is 67.8 Å². The molecule has 0 atom stereocenters. The van der Waals surface area contributed by atoms with Crippen molar-refractivity contribution in [2.24, 2.45) is 5.10 Å². The molecule has 0 aromatic heterocycles. The summed E-state index contributed by atoms with van der Waals surface area (Å²) in [5.41, 5.74) is 4.16. The molecule has 28 heavy (non-hydrogen) atoms. The van der Waals surface area contributed by atoms with Gasteiger partial charge >= 0.3 is 5.97 Å². The van der Waals surface area contributed by atoms with Crippen LogP contribution in [0.15, 0.2) is 86.8 Å². The second-order valence-corrected chi connectivity index (χ2v) is 7.33. The lowest BCUT2D eigenvalue weighted by Gasteiger charge is -2.06. The maximum absolute atomic E-state index is 12.2. The molecule has 3 rings (SSSR count). The quantitative estimate of drug-likeness (QED) is 0.226. The second-order valence-electron chi connectivity index (χ2n) is 5.62. The van der Waals surface area contributed by atoms with E-state index in [1.54, 1.807) is 60.7 Å². The number of carbonyl (C=O) groups excluding carboxylic acids is 2. The Hall–Kier alpha value is -2.77. The summed E-state index contributed by atoms with van der Waals surface area (Å²) in [7, 11) is 0. The van der Waals surface area contributed by atoms with E-state index in [0.29, 0.717) is 25.8 Å². The van der Waals surface area contributed by atoms with Gasteiger partial charge in [-0.05, 0) is 86.0 Å². The molecule has 0 heterocycles. The number of nitrogens with zero attached hydrogens (tertiary/aromatic N) is 1. The molecule has 1 amide bonds. The molecule has 0 aliphatic heterocycles. The molecule has 0 saturated heterocycles. The highest BCUT2D eigenvalue weighted by Gasteiger charge is 2.11. The monoisotopic (exact) mass is 500 g/mol. The highest BCUT2D eigenvalue weighted by Crippen LogP contribution is 2.19. The molecule has 7 heteroatoms. The summed E-state index contributed by atoms with van der Waals surface area (Å²) in [4.78, 5) is 24.3. The molecule has 0 aliphatic rings. The van der Waals surface area contributed by atoms with Crippen LogP contribution in [0.25, 0.3) is 0 Å². The van der Waals surface area contributed by atoms with Gasteiger partial charge in [-0.2, -0.15) is 5.10 Å². The molecule has 3 aromatic rings. The Kier molecular flexibility index (Phi) is 6.73. The van der Waals surface area contributed by atoms with Crippen molar-refractivity contribution >= 4 is 50.0 Å². The number of halogens is 2. The van der Waals surface area contributed by atoms with Crippen molar-refractivity contribution in [3.05, 3.63) is 98.4 Å². The minimum absolute atomic E-state index is 0.317. The number of amides is 1.